The minimum atomic E-state index is -4.17. The van der Waals surface area contributed by atoms with E-state index in [9.17, 15) is 18.0 Å². The lowest BCUT2D eigenvalue weighted by molar-refractivity contribution is -0.138. The smallest absolute Gasteiger partial charge is 0.264 e. The number of hydrogen-bond acceptors (Lipinski definition) is 4. The van der Waals surface area contributed by atoms with E-state index >= 15 is 0 Å². The van der Waals surface area contributed by atoms with Crippen molar-refractivity contribution in [3.8, 4) is 0 Å². The van der Waals surface area contributed by atoms with Crippen LogP contribution in [0, 0.1) is 6.92 Å². The van der Waals surface area contributed by atoms with Gasteiger partial charge in [-0.2, -0.15) is 0 Å². The number of aryl methyl sites for hydroxylation is 1. The molecule has 0 fully saturated rings. The zero-order chi connectivity index (χ0) is 27.9. The fourth-order valence-electron chi connectivity index (χ4n) is 3.90. The van der Waals surface area contributed by atoms with Gasteiger partial charge in [-0.25, -0.2) is 8.42 Å². The highest BCUT2D eigenvalue weighted by Gasteiger charge is 2.32. The number of anilines is 1. The quantitative estimate of drug-likeness (QED) is 0.345. The van der Waals surface area contributed by atoms with Gasteiger partial charge in [0, 0.05) is 13.1 Å². The van der Waals surface area contributed by atoms with E-state index in [1.165, 1.54) is 35.2 Å². The Morgan fingerprint density at radius 2 is 1.61 bits per heavy atom. The van der Waals surface area contributed by atoms with E-state index in [1.54, 1.807) is 26.0 Å². The van der Waals surface area contributed by atoms with Crippen LogP contribution in [-0.4, -0.2) is 50.8 Å². The molecule has 0 unspecified atom stereocenters. The number of hydrogen-bond donors (Lipinski definition) is 1. The molecule has 0 aliphatic carbocycles. The fraction of sp³-hybridized carbons (Fsp3) is 0.286. The van der Waals surface area contributed by atoms with Crippen molar-refractivity contribution < 1.29 is 18.0 Å². The van der Waals surface area contributed by atoms with E-state index in [4.69, 9.17) is 23.2 Å². The minimum Gasteiger partial charge on any atom is -0.355 e. The molecule has 1 N–H and O–H groups in total. The Bertz CT molecular complexity index is 1370. The molecule has 202 valence electrons. The Balaban J connectivity index is 2.00. The van der Waals surface area contributed by atoms with Crippen LogP contribution >= 0.6 is 23.2 Å². The number of carbonyl (C=O) groups excluding carboxylic acids is 2. The van der Waals surface area contributed by atoms with E-state index < -0.39 is 28.5 Å². The van der Waals surface area contributed by atoms with Gasteiger partial charge in [0.25, 0.3) is 10.0 Å². The maximum Gasteiger partial charge on any atom is 0.264 e. The summed E-state index contributed by atoms with van der Waals surface area (Å²) in [5.74, 6) is -0.849. The third-order valence-electron chi connectivity index (χ3n) is 6.08. The van der Waals surface area contributed by atoms with Gasteiger partial charge in [0.1, 0.15) is 12.6 Å². The van der Waals surface area contributed by atoms with Crippen molar-refractivity contribution in [3.05, 3.63) is 94.0 Å². The Morgan fingerprint density at radius 3 is 2.21 bits per heavy atom. The maximum atomic E-state index is 13.8. The lowest BCUT2D eigenvalue weighted by Crippen LogP contribution is -2.52. The average Bonchev–Trinajstić information content (AvgIpc) is 2.90. The van der Waals surface area contributed by atoms with E-state index in [0.717, 1.165) is 15.4 Å². The van der Waals surface area contributed by atoms with Crippen LogP contribution in [0.3, 0.4) is 0 Å². The Hall–Kier alpha value is -3.07. The maximum absolute atomic E-state index is 13.8. The topological polar surface area (TPSA) is 86.8 Å². The summed E-state index contributed by atoms with van der Waals surface area (Å²) in [5, 5.41) is 3.15. The molecule has 10 heteroatoms. The summed E-state index contributed by atoms with van der Waals surface area (Å²) in [6.07, 6.45) is 0.494. The van der Waals surface area contributed by atoms with Crippen LogP contribution in [0.1, 0.15) is 25.0 Å². The summed E-state index contributed by atoms with van der Waals surface area (Å²) in [6.45, 7) is 5.37. The van der Waals surface area contributed by atoms with Gasteiger partial charge in [0.2, 0.25) is 11.8 Å². The number of carbonyl (C=O) groups is 2. The molecule has 0 saturated carbocycles. The highest BCUT2D eigenvalue weighted by atomic mass is 35.5. The predicted molar refractivity (Wildman–Crippen MR) is 152 cm³/mol. The van der Waals surface area contributed by atoms with Gasteiger partial charge in [-0.05, 0) is 63.1 Å². The van der Waals surface area contributed by atoms with Crippen molar-refractivity contribution in [3.63, 3.8) is 0 Å². The molecular weight excluding hydrogens is 545 g/mol. The molecule has 0 aromatic heterocycles. The lowest BCUT2D eigenvalue weighted by atomic mass is 10.1. The van der Waals surface area contributed by atoms with Crippen LogP contribution in [0.25, 0.3) is 0 Å². The number of nitrogens with one attached hydrogen (secondary N) is 1. The second kappa shape index (κ2) is 13.1. The monoisotopic (exact) mass is 575 g/mol. The molecule has 0 saturated heterocycles. The third-order valence-corrected chi connectivity index (χ3v) is 8.61. The van der Waals surface area contributed by atoms with Crippen molar-refractivity contribution in [1.82, 2.24) is 10.2 Å². The normalized spacial score (nSPS) is 12.0. The van der Waals surface area contributed by atoms with Gasteiger partial charge in [0.05, 0.1) is 20.6 Å². The number of benzene rings is 3. The SMILES string of the molecule is CCNC(=O)[C@@H](C)N(CCc1ccccc1)C(=O)CN(c1ccc(Cl)c(Cl)c1)S(=O)(=O)c1ccc(C)cc1. The van der Waals surface area contributed by atoms with Crippen molar-refractivity contribution in [2.24, 2.45) is 0 Å². The van der Waals surface area contributed by atoms with Crippen molar-refractivity contribution in [1.29, 1.82) is 0 Å². The molecule has 2 amide bonds. The van der Waals surface area contributed by atoms with Gasteiger partial charge in [-0.3, -0.25) is 13.9 Å². The van der Waals surface area contributed by atoms with Crippen LogP contribution in [0.2, 0.25) is 10.0 Å². The number of halogens is 2. The first kappa shape index (κ1) is 29.5. The molecule has 0 aliphatic heterocycles. The summed E-state index contributed by atoms with van der Waals surface area (Å²) >= 11 is 12.3. The van der Waals surface area contributed by atoms with Crippen LogP contribution < -0.4 is 9.62 Å². The first-order valence-corrected chi connectivity index (χ1v) is 14.4. The number of likely N-dealkylation sites (N-methyl/N-ethyl adjacent to an activating group) is 1. The Kier molecular flexibility index (Phi) is 10.2. The second-order valence-corrected chi connectivity index (χ2v) is 11.5. The highest BCUT2D eigenvalue weighted by Crippen LogP contribution is 2.31. The van der Waals surface area contributed by atoms with Crippen LogP contribution in [0.15, 0.2) is 77.7 Å². The molecular formula is C28H31Cl2N3O4S. The van der Waals surface area contributed by atoms with Crippen molar-refractivity contribution >= 4 is 50.7 Å². The molecule has 0 heterocycles. The summed E-state index contributed by atoms with van der Waals surface area (Å²) in [7, 11) is -4.17. The van der Waals surface area contributed by atoms with E-state index in [-0.39, 0.29) is 33.1 Å². The van der Waals surface area contributed by atoms with E-state index in [0.29, 0.717) is 13.0 Å². The molecule has 0 radical (unpaired) electrons. The van der Waals surface area contributed by atoms with Gasteiger partial charge in [-0.15, -0.1) is 0 Å². The fourth-order valence-corrected chi connectivity index (χ4v) is 5.60. The standard InChI is InChI=1S/C28H31Cl2N3O4S/c1-4-31-28(35)21(3)32(17-16-22-8-6-5-7-9-22)27(34)19-33(23-12-15-25(29)26(30)18-23)38(36,37)24-13-10-20(2)11-14-24/h5-15,18,21H,4,16-17,19H2,1-3H3,(H,31,35)/t21-/m1/s1. The van der Waals surface area contributed by atoms with E-state index in [1.807, 2.05) is 37.3 Å². The molecule has 3 aromatic rings. The first-order valence-electron chi connectivity index (χ1n) is 12.2. The van der Waals surface area contributed by atoms with Crippen LogP contribution in [0.4, 0.5) is 5.69 Å². The molecule has 0 aliphatic rings. The minimum absolute atomic E-state index is 0.0228. The average molecular weight is 577 g/mol. The van der Waals surface area contributed by atoms with Gasteiger partial charge < -0.3 is 10.2 Å². The molecule has 3 aromatic carbocycles. The Labute approximate surface area is 234 Å². The third kappa shape index (κ3) is 7.28. The highest BCUT2D eigenvalue weighted by molar-refractivity contribution is 7.92. The van der Waals surface area contributed by atoms with Gasteiger partial charge >= 0.3 is 0 Å². The molecule has 3 rings (SSSR count). The summed E-state index contributed by atoms with van der Waals surface area (Å²) in [5.41, 5.74) is 2.06. The zero-order valence-electron chi connectivity index (χ0n) is 21.5. The van der Waals surface area contributed by atoms with Crippen LogP contribution in [0.5, 0.6) is 0 Å². The number of amides is 2. The van der Waals surface area contributed by atoms with Crippen LogP contribution in [-0.2, 0) is 26.0 Å². The van der Waals surface area contributed by atoms with Gasteiger partial charge in [0.15, 0.2) is 0 Å². The second-order valence-electron chi connectivity index (χ2n) is 8.82. The molecule has 1 atom stereocenters. The van der Waals surface area contributed by atoms with Crippen molar-refractivity contribution in [2.75, 3.05) is 23.9 Å². The number of sulfonamides is 1. The van der Waals surface area contributed by atoms with Crippen molar-refractivity contribution in [2.45, 2.75) is 38.1 Å². The molecule has 0 bridgehead atoms. The zero-order valence-corrected chi connectivity index (χ0v) is 23.9. The molecule has 38 heavy (non-hydrogen) atoms. The first-order chi connectivity index (χ1) is 18.0. The molecule has 0 spiro atoms. The Morgan fingerprint density at radius 1 is 0.947 bits per heavy atom. The number of rotatable bonds is 11. The molecule has 7 nitrogen and oxygen atoms in total. The lowest BCUT2D eigenvalue weighted by Gasteiger charge is -2.32. The van der Waals surface area contributed by atoms with Gasteiger partial charge in [-0.1, -0.05) is 71.2 Å². The predicted octanol–water partition coefficient (Wildman–Crippen LogP) is 5.09. The summed E-state index contributed by atoms with van der Waals surface area (Å²) in [4.78, 5) is 27.9. The summed E-state index contributed by atoms with van der Waals surface area (Å²) in [6, 6.07) is 19.5. The van der Waals surface area contributed by atoms with E-state index in [2.05, 4.69) is 5.32 Å². The largest absolute Gasteiger partial charge is 0.355 e. The summed E-state index contributed by atoms with van der Waals surface area (Å²) < 4.78 is 28.6. The number of nitrogens with zero attached hydrogens (tertiary/aromatic N) is 2.